The highest BCUT2D eigenvalue weighted by Gasteiger charge is 2.14. The van der Waals surface area contributed by atoms with E-state index in [0.29, 0.717) is 28.3 Å². The summed E-state index contributed by atoms with van der Waals surface area (Å²) in [6.45, 7) is 0.150. The minimum absolute atomic E-state index is 0.0811. The van der Waals surface area contributed by atoms with Gasteiger partial charge in [0.25, 0.3) is 0 Å². The maximum atomic E-state index is 12.6. The summed E-state index contributed by atoms with van der Waals surface area (Å²) >= 11 is 0. The van der Waals surface area contributed by atoms with Crippen LogP contribution in [-0.4, -0.2) is 39.1 Å². The maximum absolute atomic E-state index is 12.6. The number of esters is 1. The molecule has 2 amide bonds. The summed E-state index contributed by atoms with van der Waals surface area (Å²) < 4.78 is 15.4. The Bertz CT molecular complexity index is 1190. The average Bonchev–Trinajstić information content (AvgIpc) is 2.87. The van der Waals surface area contributed by atoms with Gasteiger partial charge in [0.15, 0.2) is 0 Å². The molecule has 3 aromatic rings. The summed E-state index contributed by atoms with van der Waals surface area (Å²) in [5, 5.41) is 5.66. The number of benzene rings is 3. The van der Waals surface area contributed by atoms with E-state index in [-0.39, 0.29) is 36.8 Å². The first-order chi connectivity index (χ1) is 16.9. The lowest BCUT2D eigenvalue weighted by Gasteiger charge is -2.13. The number of hydrogen-bond donors (Lipinski definition) is 2. The highest BCUT2D eigenvalue weighted by atomic mass is 16.5. The molecule has 0 heterocycles. The number of nitrogens with one attached hydrogen (secondary N) is 2. The third-order valence-electron chi connectivity index (χ3n) is 5.23. The molecule has 0 bridgehead atoms. The number of rotatable bonds is 10. The van der Waals surface area contributed by atoms with Crippen molar-refractivity contribution < 1.29 is 28.6 Å². The Morgan fingerprint density at radius 3 is 2.23 bits per heavy atom. The molecule has 0 aliphatic rings. The number of hydrogen-bond acceptors (Lipinski definition) is 6. The van der Waals surface area contributed by atoms with Crippen molar-refractivity contribution in [2.75, 3.05) is 26.6 Å². The fraction of sp³-hybridized carbons (Fsp3) is 0.222. The van der Waals surface area contributed by atoms with Crippen LogP contribution < -0.4 is 20.1 Å². The van der Waals surface area contributed by atoms with Crippen LogP contribution in [0.5, 0.6) is 11.5 Å². The van der Waals surface area contributed by atoms with Crippen LogP contribution in [0.25, 0.3) is 0 Å². The van der Waals surface area contributed by atoms with Crippen LogP contribution in [0.15, 0.2) is 66.7 Å². The Morgan fingerprint density at radius 1 is 0.771 bits per heavy atom. The number of methoxy groups -OCH3 is 3. The SMILES string of the molecule is COC(=O)c1cc(CNC(=O)Cc2cc(OC)ccc2OC)cc(NC(=O)Cc2ccccc2)c1. The quantitative estimate of drug-likeness (QED) is 0.434. The van der Waals surface area contributed by atoms with Gasteiger partial charge in [-0.3, -0.25) is 9.59 Å². The van der Waals surface area contributed by atoms with Gasteiger partial charge in [-0.25, -0.2) is 4.79 Å². The monoisotopic (exact) mass is 476 g/mol. The van der Waals surface area contributed by atoms with Crippen LogP contribution >= 0.6 is 0 Å². The number of carbonyl (C=O) groups excluding carboxylic acids is 3. The Hall–Kier alpha value is -4.33. The van der Waals surface area contributed by atoms with Crippen molar-refractivity contribution in [2.24, 2.45) is 0 Å². The van der Waals surface area contributed by atoms with Gasteiger partial charge in [-0.1, -0.05) is 30.3 Å². The van der Waals surface area contributed by atoms with E-state index in [2.05, 4.69) is 10.6 Å². The molecule has 0 aromatic heterocycles. The van der Waals surface area contributed by atoms with Gasteiger partial charge in [-0.2, -0.15) is 0 Å². The van der Waals surface area contributed by atoms with Gasteiger partial charge in [0, 0.05) is 17.8 Å². The van der Waals surface area contributed by atoms with Crippen LogP contribution in [-0.2, 0) is 33.7 Å². The van der Waals surface area contributed by atoms with Crippen molar-refractivity contribution in [3.05, 3.63) is 89.0 Å². The van der Waals surface area contributed by atoms with Crippen molar-refractivity contribution in [3.63, 3.8) is 0 Å². The van der Waals surface area contributed by atoms with Crippen molar-refractivity contribution in [3.8, 4) is 11.5 Å². The minimum Gasteiger partial charge on any atom is -0.497 e. The van der Waals surface area contributed by atoms with E-state index in [1.165, 1.54) is 14.2 Å². The molecule has 0 saturated heterocycles. The lowest BCUT2D eigenvalue weighted by atomic mass is 10.1. The third-order valence-corrected chi connectivity index (χ3v) is 5.23. The molecular weight excluding hydrogens is 448 g/mol. The van der Waals surface area contributed by atoms with Gasteiger partial charge >= 0.3 is 5.97 Å². The van der Waals surface area contributed by atoms with Crippen LogP contribution in [0.2, 0.25) is 0 Å². The first kappa shape index (κ1) is 25.3. The molecule has 0 saturated carbocycles. The van der Waals surface area contributed by atoms with Crippen LogP contribution in [0.4, 0.5) is 5.69 Å². The molecule has 3 rings (SSSR count). The van der Waals surface area contributed by atoms with E-state index in [9.17, 15) is 14.4 Å². The summed E-state index contributed by atoms with van der Waals surface area (Å²) in [6.07, 6.45) is 0.273. The Labute approximate surface area is 204 Å². The fourth-order valence-electron chi connectivity index (χ4n) is 3.54. The summed E-state index contributed by atoms with van der Waals surface area (Å²) in [7, 11) is 4.37. The minimum atomic E-state index is -0.544. The number of anilines is 1. The largest absolute Gasteiger partial charge is 0.497 e. The molecule has 2 N–H and O–H groups in total. The van der Waals surface area contributed by atoms with Gasteiger partial charge in [-0.05, 0) is 47.5 Å². The van der Waals surface area contributed by atoms with Gasteiger partial charge in [0.1, 0.15) is 11.5 Å². The van der Waals surface area contributed by atoms with E-state index < -0.39 is 5.97 Å². The molecular formula is C27H28N2O6. The summed E-state index contributed by atoms with van der Waals surface area (Å²) in [6, 6.07) is 19.4. The molecule has 0 spiro atoms. The molecule has 8 nitrogen and oxygen atoms in total. The van der Waals surface area contributed by atoms with Gasteiger partial charge in [0.2, 0.25) is 11.8 Å². The second-order valence-electron chi connectivity index (χ2n) is 7.75. The second-order valence-corrected chi connectivity index (χ2v) is 7.75. The number of carbonyl (C=O) groups is 3. The topological polar surface area (TPSA) is 103 Å². The molecule has 8 heteroatoms. The highest BCUT2D eigenvalue weighted by molar-refractivity contribution is 5.95. The summed E-state index contributed by atoms with van der Waals surface area (Å²) in [5.74, 6) is 0.193. The smallest absolute Gasteiger partial charge is 0.337 e. The van der Waals surface area contributed by atoms with E-state index in [1.54, 1.807) is 43.5 Å². The first-order valence-electron chi connectivity index (χ1n) is 11.0. The average molecular weight is 477 g/mol. The van der Waals surface area contributed by atoms with Gasteiger partial charge < -0.3 is 24.8 Å². The highest BCUT2D eigenvalue weighted by Crippen LogP contribution is 2.24. The number of amides is 2. The van der Waals surface area contributed by atoms with E-state index in [4.69, 9.17) is 14.2 Å². The maximum Gasteiger partial charge on any atom is 0.337 e. The zero-order chi connectivity index (χ0) is 25.2. The summed E-state index contributed by atoms with van der Waals surface area (Å²) in [5.41, 5.74) is 2.89. The second kappa shape index (κ2) is 12.2. The molecule has 35 heavy (non-hydrogen) atoms. The summed E-state index contributed by atoms with van der Waals surface area (Å²) in [4.78, 5) is 37.3. The normalized spacial score (nSPS) is 10.3. The molecule has 0 aliphatic heterocycles. The zero-order valence-electron chi connectivity index (χ0n) is 19.9. The van der Waals surface area contributed by atoms with E-state index >= 15 is 0 Å². The molecule has 0 aliphatic carbocycles. The van der Waals surface area contributed by atoms with Crippen LogP contribution in [0.1, 0.15) is 27.0 Å². The molecule has 182 valence electrons. The zero-order valence-corrected chi connectivity index (χ0v) is 19.9. The van der Waals surface area contributed by atoms with Gasteiger partial charge in [0.05, 0.1) is 39.7 Å². The van der Waals surface area contributed by atoms with Crippen molar-refractivity contribution >= 4 is 23.5 Å². The lowest BCUT2D eigenvalue weighted by molar-refractivity contribution is -0.120. The Morgan fingerprint density at radius 2 is 1.54 bits per heavy atom. The lowest BCUT2D eigenvalue weighted by Crippen LogP contribution is -2.25. The number of ether oxygens (including phenoxy) is 3. The Kier molecular flexibility index (Phi) is 8.83. The predicted molar refractivity (Wildman–Crippen MR) is 132 cm³/mol. The van der Waals surface area contributed by atoms with Crippen LogP contribution in [0, 0.1) is 0 Å². The fourth-order valence-corrected chi connectivity index (χ4v) is 3.54. The van der Waals surface area contributed by atoms with Crippen molar-refractivity contribution in [2.45, 2.75) is 19.4 Å². The molecule has 0 radical (unpaired) electrons. The van der Waals surface area contributed by atoms with E-state index in [0.717, 1.165) is 5.56 Å². The third kappa shape index (κ3) is 7.33. The van der Waals surface area contributed by atoms with Crippen molar-refractivity contribution in [1.29, 1.82) is 0 Å². The van der Waals surface area contributed by atoms with E-state index in [1.807, 2.05) is 30.3 Å². The standard InChI is InChI=1S/C27H28N2O6/c1-33-23-9-10-24(34-2)20(15-23)16-25(30)28-17-19-11-21(27(32)35-3)14-22(12-19)29-26(31)13-18-7-5-4-6-8-18/h4-12,14-15H,13,16-17H2,1-3H3,(H,28,30)(H,29,31). The first-order valence-corrected chi connectivity index (χ1v) is 11.0. The molecule has 0 atom stereocenters. The molecule has 0 unspecified atom stereocenters. The molecule has 3 aromatic carbocycles. The molecule has 0 fully saturated rings. The van der Waals surface area contributed by atoms with Gasteiger partial charge in [-0.15, -0.1) is 0 Å². The Balaban J connectivity index is 1.70. The predicted octanol–water partition coefficient (Wildman–Crippen LogP) is 3.53. The van der Waals surface area contributed by atoms with Crippen molar-refractivity contribution in [1.82, 2.24) is 5.32 Å². The van der Waals surface area contributed by atoms with Crippen LogP contribution in [0.3, 0.4) is 0 Å².